The molecule has 2 aromatic rings. The molecule has 1 aliphatic carbocycles. The Hall–Kier alpha value is -1.52. The highest BCUT2D eigenvalue weighted by Crippen LogP contribution is 2.27. The molecule has 0 N–H and O–H groups in total. The molecule has 0 fully saturated rings. The quantitative estimate of drug-likeness (QED) is 0.770. The fraction of sp³-hybridized carbons (Fsp3) is 0.412. The van der Waals surface area contributed by atoms with Gasteiger partial charge in [0.15, 0.2) is 5.69 Å². The molecule has 0 saturated carbocycles. The van der Waals surface area contributed by atoms with Crippen molar-refractivity contribution in [1.82, 2.24) is 9.78 Å². The van der Waals surface area contributed by atoms with E-state index in [-0.39, 0.29) is 5.97 Å². The van der Waals surface area contributed by atoms with Crippen molar-refractivity contribution < 1.29 is 9.53 Å². The van der Waals surface area contributed by atoms with Gasteiger partial charge in [0.25, 0.3) is 0 Å². The Morgan fingerprint density at radius 2 is 2.04 bits per heavy atom. The van der Waals surface area contributed by atoms with E-state index >= 15 is 0 Å². The molecule has 0 amide bonds. The number of hydrogen-bond donors (Lipinski definition) is 0. The molecule has 4 nitrogen and oxygen atoms in total. The number of aromatic nitrogens is 2. The Labute approximate surface area is 145 Å². The maximum Gasteiger partial charge on any atom is 0.359 e. The van der Waals surface area contributed by atoms with Gasteiger partial charge < -0.3 is 4.74 Å². The molecule has 1 aliphatic rings. The summed E-state index contributed by atoms with van der Waals surface area (Å²) in [4.78, 5) is 12.1. The average molecular weight is 353 g/mol. The number of hydrogen-bond acceptors (Lipinski definition) is 3. The number of carbonyl (C=O) groups is 1. The summed E-state index contributed by atoms with van der Waals surface area (Å²) in [6.45, 7) is 2.73. The molecule has 6 heteroatoms. The molecule has 0 bridgehead atoms. The van der Waals surface area contributed by atoms with Gasteiger partial charge in [0.05, 0.1) is 23.2 Å². The van der Waals surface area contributed by atoms with Crippen molar-refractivity contribution in [3.8, 4) is 0 Å². The lowest BCUT2D eigenvalue weighted by Gasteiger charge is -2.14. The summed E-state index contributed by atoms with van der Waals surface area (Å²) in [7, 11) is 0. The maximum atomic E-state index is 12.1. The molecular weight excluding hydrogens is 335 g/mol. The van der Waals surface area contributed by atoms with Crippen molar-refractivity contribution in [3.05, 3.63) is 50.8 Å². The Morgan fingerprint density at radius 1 is 1.26 bits per heavy atom. The van der Waals surface area contributed by atoms with Crippen LogP contribution in [-0.2, 0) is 24.1 Å². The van der Waals surface area contributed by atoms with Gasteiger partial charge in [0.2, 0.25) is 0 Å². The Balaban J connectivity index is 1.95. The monoisotopic (exact) mass is 352 g/mol. The molecule has 0 unspecified atom stereocenters. The number of benzene rings is 1. The second-order valence-corrected chi connectivity index (χ2v) is 6.42. The second kappa shape index (κ2) is 6.93. The van der Waals surface area contributed by atoms with Crippen LogP contribution in [0.4, 0.5) is 0 Å². The highest BCUT2D eigenvalue weighted by molar-refractivity contribution is 6.42. The molecule has 122 valence electrons. The Morgan fingerprint density at radius 3 is 2.78 bits per heavy atom. The van der Waals surface area contributed by atoms with Gasteiger partial charge in [-0.3, -0.25) is 4.68 Å². The molecule has 23 heavy (non-hydrogen) atoms. The number of fused-ring (bicyclic) bond motifs is 1. The van der Waals surface area contributed by atoms with Crippen molar-refractivity contribution >= 4 is 29.2 Å². The zero-order chi connectivity index (χ0) is 16.4. The highest BCUT2D eigenvalue weighted by atomic mass is 35.5. The third-order valence-corrected chi connectivity index (χ3v) is 4.78. The number of carbonyl (C=O) groups excluding carboxylic acids is 1. The predicted octanol–water partition coefficient (Wildman–Crippen LogP) is 4.29. The van der Waals surface area contributed by atoms with Gasteiger partial charge in [-0.25, -0.2) is 4.79 Å². The minimum Gasteiger partial charge on any atom is -0.461 e. The van der Waals surface area contributed by atoms with Crippen molar-refractivity contribution in [3.63, 3.8) is 0 Å². The lowest BCUT2D eigenvalue weighted by Crippen LogP contribution is -2.10. The maximum absolute atomic E-state index is 12.1. The molecule has 1 heterocycles. The summed E-state index contributed by atoms with van der Waals surface area (Å²) in [5.74, 6) is -0.335. The SMILES string of the molecule is CCOC(=O)c1nn(Cc2ccc(Cl)c(Cl)c2)c2c1CCCC2. The van der Waals surface area contributed by atoms with Crippen LogP contribution in [0, 0.1) is 0 Å². The van der Waals surface area contributed by atoms with Gasteiger partial charge in [0, 0.05) is 11.3 Å². The standard InChI is InChI=1S/C17H18Cl2N2O2/c1-2-23-17(22)16-12-5-3-4-6-15(12)21(20-16)10-11-7-8-13(18)14(19)9-11/h7-9H,2-6,10H2,1H3. The van der Waals surface area contributed by atoms with Crippen LogP contribution in [0.1, 0.15) is 47.1 Å². The highest BCUT2D eigenvalue weighted by Gasteiger charge is 2.25. The van der Waals surface area contributed by atoms with Gasteiger partial charge in [-0.05, 0) is 50.3 Å². The first-order chi connectivity index (χ1) is 11.1. The summed E-state index contributed by atoms with van der Waals surface area (Å²) < 4.78 is 7.04. The number of rotatable bonds is 4. The zero-order valence-electron chi connectivity index (χ0n) is 12.9. The molecule has 0 spiro atoms. The number of nitrogens with zero attached hydrogens (tertiary/aromatic N) is 2. The van der Waals surface area contributed by atoms with E-state index in [9.17, 15) is 4.79 Å². The average Bonchev–Trinajstić information content (AvgIpc) is 2.90. The van der Waals surface area contributed by atoms with E-state index in [4.69, 9.17) is 27.9 Å². The number of ether oxygens (including phenoxy) is 1. The van der Waals surface area contributed by atoms with Crippen LogP contribution >= 0.6 is 23.2 Å². The van der Waals surface area contributed by atoms with Crippen molar-refractivity contribution in [2.75, 3.05) is 6.61 Å². The van der Waals surface area contributed by atoms with Crippen LogP contribution < -0.4 is 0 Å². The zero-order valence-corrected chi connectivity index (χ0v) is 14.5. The van der Waals surface area contributed by atoms with Gasteiger partial charge in [-0.1, -0.05) is 29.3 Å². The van der Waals surface area contributed by atoms with Gasteiger partial charge in [-0.15, -0.1) is 0 Å². The van der Waals surface area contributed by atoms with Gasteiger partial charge in [0.1, 0.15) is 0 Å². The molecule has 0 radical (unpaired) electrons. The summed E-state index contributed by atoms with van der Waals surface area (Å²) in [6.07, 6.45) is 4.01. The number of halogens is 2. The van der Waals surface area contributed by atoms with Gasteiger partial charge in [-0.2, -0.15) is 5.10 Å². The van der Waals surface area contributed by atoms with Gasteiger partial charge >= 0.3 is 5.97 Å². The first-order valence-electron chi connectivity index (χ1n) is 7.79. The van der Waals surface area contributed by atoms with Crippen LogP contribution in [0.15, 0.2) is 18.2 Å². The second-order valence-electron chi connectivity index (χ2n) is 5.61. The van der Waals surface area contributed by atoms with Crippen LogP contribution in [0.3, 0.4) is 0 Å². The fourth-order valence-electron chi connectivity index (χ4n) is 2.98. The van der Waals surface area contributed by atoms with E-state index in [1.165, 1.54) is 0 Å². The fourth-order valence-corrected chi connectivity index (χ4v) is 3.30. The molecular formula is C17H18Cl2N2O2. The number of esters is 1. The van der Waals surface area contributed by atoms with E-state index in [2.05, 4.69) is 5.10 Å². The van der Waals surface area contributed by atoms with E-state index in [1.54, 1.807) is 13.0 Å². The molecule has 0 atom stereocenters. The molecule has 0 aliphatic heterocycles. The summed E-state index contributed by atoms with van der Waals surface area (Å²) >= 11 is 12.0. The smallest absolute Gasteiger partial charge is 0.359 e. The predicted molar refractivity (Wildman–Crippen MR) is 90.4 cm³/mol. The Bertz CT molecular complexity index is 740. The first-order valence-corrected chi connectivity index (χ1v) is 8.55. The van der Waals surface area contributed by atoms with E-state index < -0.39 is 0 Å². The minimum absolute atomic E-state index is 0.335. The van der Waals surface area contributed by atoms with E-state index in [1.807, 2.05) is 16.8 Å². The lowest BCUT2D eigenvalue weighted by atomic mass is 9.95. The summed E-state index contributed by atoms with van der Waals surface area (Å²) in [6, 6.07) is 5.54. The molecule has 3 rings (SSSR count). The van der Waals surface area contributed by atoms with Crippen molar-refractivity contribution in [2.24, 2.45) is 0 Å². The third kappa shape index (κ3) is 3.38. The van der Waals surface area contributed by atoms with E-state index in [0.717, 1.165) is 42.5 Å². The largest absolute Gasteiger partial charge is 0.461 e. The van der Waals surface area contributed by atoms with Crippen molar-refractivity contribution in [2.45, 2.75) is 39.2 Å². The molecule has 0 saturated heterocycles. The van der Waals surface area contributed by atoms with Crippen LogP contribution in [0.2, 0.25) is 10.0 Å². The topological polar surface area (TPSA) is 44.1 Å². The van der Waals surface area contributed by atoms with Crippen molar-refractivity contribution in [1.29, 1.82) is 0 Å². The normalized spacial score (nSPS) is 13.7. The molecule has 1 aromatic carbocycles. The minimum atomic E-state index is -0.335. The Kier molecular flexibility index (Phi) is 4.93. The summed E-state index contributed by atoms with van der Waals surface area (Å²) in [5.41, 5.74) is 3.63. The van der Waals surface area contributed by atoms with Crippen LogP contribution in [0.5, 0.6) is 0 Å². The van der Waals surface area contributed by atoms with Crippen LogP contribution in [0.25, 0.3) is 0 Å². The summed E-state index contributed by atoms with van der Waals surface area (Å²) in [5, 5.41) is 5.58. The van der Waals surface area contributed by atoms with E-state index in [0.29, 0.717) is 28.9 Å². The first kappa shape index (κ1) is 16.3. The van der Waals surface area contributed by atoms with Crippen LogP contribution in [-0.4, -0.2) is 22.4 Å². The third-order valence-electron chi connectivity index (χ3n) is 4.04. The molecule has 1 aromatic heterocycles. The lowest BCUT2D eigenvalue weighted by molar-refractivity contribution is 0.0517.